The van der Waals surface area contributed by atoms with Crippen LogP contribution in [0, 0.1) is 0 Å². The zero-order chi connectivity index (χ0) is 13.4. The smallest absolute Gasteiger partial charge is 0.303 e. The molecule has 2 N–H and O–H groups in total. The third-order valence-electron chi connectivity index (χ3n) is 3.90. The van der Waals surface area contributed by atoms with Crippen LogP contribution in [0.4, 0.5) is 0 Å². The maximum Gasteiger partial charge on any atom is 0.303 e. The summed E-state index contributed by atoms with van der Waals surface area (Å²) in [6.45, 7) is 0. The molecule has 0 heterocycles. The summed E-state index contributed by atoms with van der Waals surface area (Å²) in [5.74, 6) is -0.777. The van der Waals surface area contributed by atoms with Crippen molar-refractivity contribution in [2.24, 2.45) is 0 Å². The standard InChI is InChI=1S/C16H16O3/c17-14-8-5-11-2-1-3-12-10(6-9-15(18)19)4-7-13(14)16(11)12/h1-4,7,14,17H,5-6,8-9H2,(H,18,19). The summed E-state index contributed by atoms with van der Waals surface area (Å²) in [7, 11) is 0. The molecule has 0 radical (unpaired) electrons. The van der Waals surface area contributed by atoms with Crippen molar-refractivity contribution in [2.45, 2.75) is 31.8 Å². The van der Waals surface area contributed by atoms with Crippen LogP contribution in [0.1, 0.15) is 35.6 Å². The second kappa shape index (κ2) is 4.67. The molecule has 2 aromatic carbocycles. The number of aliphatic carboxylic acids is 1. The average Bonchev–Trinajstić information content (AvgIpc) is 2.41. The lowest BCUT2D eigenvalue weighted by molar-refractivity contribution is -0.136. The molecule has 1 aliphatic rings. The molecule has 3 nitrogen and oxygen atoms in total. The summed E-state index contributed by atoms with van der Waals surface area (Å²) >= 11 is 0. The van der Waals surface area contributed by atoms with Gasteiger partial charge in [-0.15, -0.1) is 0 Å². The molecule has 19 heavy (non-hydrogen) atoms. The van der Waals surface area contributed by atoms with Crippen molar-refractivity contribution in [1.29, 1.82) is 0 Å². The quantitative estimate of drug-likeness (QED) is 0.887. The molecule has 1 unspecified atom stereocenters. The molecule has 1 atom stereocenters. The van der Waals surface area contributed by atoms with Crippen LogP contribution in [0.3, 0.4) is 0 Å². The second-order valence-corrected chi connectivity index (χ2v) is 5.10. The van der Waals surface area contributed by atoms with E-state index >= 15 is 0 Å². The molecule has 3 heteroatoms. The first-order valence-electron chi connectivity index (χ1n) is 6.60. The number of carboxylic acid groups (broad SMARTS) is 1. The zero-order valence-corrected chi connectivity index (χ0v) is 10.6. The Labute approximate surface area is 111 Å². The lowest BCUT2D eigenvalue weighted by atomic mass is 9.84. The number of benzene rings is 2. The highest BCUT2D eigenvalue weighted by Crippen LogP contribution is 2.36. The SMILES string of the molecule is O=C(O)CCc1ccc2c3c(cccc13)CCC2O. The van der Waals surface area contributed by atoms with Gasteiger partial charge in [-0.1, -0.05) is 30.3 Å². The van der Waals surface area contributed by atoms with Gasteiger partial charge < -0.3 is 10.2 Å². The number of aliphatic hydroxyl groups is 1. The predicted octanol–water partition coefficient (Wildman–Crippen LogP) is 2.84. The molecule has 1 aliphatic carbocycles. The largest absolute Gasteiger partial charge is 0.481 e. The van der Waals surface area contributed by atoms with Crippen molar-refractivity contribution in [2.75, 3.05) is 0 Å². The molecule has 98 valence electrons. The minimum Gasteiger partial charge on any atom is -0.481 e. The van der Waals surface area contributed by atoms with E-state index in [1.165, 1.54) is 5.56 Å². The Bertz CT molecular complexity index is 646. The molecule has 0 saturated heterocycles. The van der Waals surface area contributed by atoms with Gasteiger partial charge in [0.05, 0.1) is 6.10 Å². The third kappa shape index (κ3) is 2.10. The van der Waals surface area contributed by atoms with Gasteiger partial charge in [-0.05, 0) is 46.7 Å². The van der Waals surface area contributed by atoms with Gasteiger partial charge in [-0.3, -0.25) is 4.79 Å². The van der Waals surface area contributed by atoms with Crippen molar-refractivity contribution >= 4 is 16.7 Å². The van der Waals surface area contributed by atoms with Crippen molar-refractivity contribution < 1.29 is 15.0 Å². The van der Waals surface area contributed by atoms with Crippen LogP contribution in [-0.2, 0) is 17.6 Å². The summed E-state index contributed by atoms with van der Waals surface area (Å²) in [4.78, 5) is 10.7. The van der Waals surface area contributed by atoms with Crippen LogP contribution in [0.25, 0.3) is 10.8 Å². The van der Waals surface area contributed by atoms with Crippen molar-refractivity contribution in [3.8, 4) is 0 Å². The molecule has 3 rings (SSSR count). The maximum atomic E-state index is 10.7. The summed E-state index contributed by atoms with van der Waals surface area (Å²) in [6.07, 6.45) is 1.92. The predicted molar refractivity (Wildman–Crippen MR) is 73.2 cm³/mol. The van der Waals surface area contributed by atoms with Gasteiger partial charge in [-0.25, -0.2) is 0 Å². The Morgan fingerprint density at radius 3 is 2.89 bits per heavy atom. The number of hydrogen-bond acceptors (Lipinski definition) is 2. The van der Waals surface area contributed by atoms with Gasteiger partial charge in [0.15, 0.2) is 0 Å². The Kier molecular flexibility index (Phi) is 2.99. The monoisotopic (exact) mass is 256 g/mol. The highest BCUT2D eigenvalue weighted by molar-refractivity contribution is 5.92. The van der Waals surface area contributed by atoms with E-state index in [0.29, 0.717) is 6.42 Å². The number of rotatable bonds is 3. The Morgan fingerprint density at radius 1 is 1.26 bits per heavy atom. The molecule has 0 aliphatic heterocycles. The first-order chi connectivity index (χ1) is 9.16. The average molecular weight is 256 g/mol. The summed E-state index contributed by atoms with van der Waals surface area (Å²) < 4.78 is 0. The number of carbonyl (C=O) groups is 1. The van der Waals surface area contributed by atoms with Crippen LogP contribution in [-0.4, -0.2) is 16.2 Å². The Morgan fingerprint density at radius 2 is 2.11 bits per heavy atom. The molecule has 2 aromatic rings. The number of hydrogen-bond donors (Lipinski definition) is 2. The van der Waals surface area contributed by atoms with E-state index in [1.54, 1.807) is 0 Å². The maximum absolute atomic E-state index is 10.7. The van der Waals surface area contributed by atoms with Gasteiger partial charge in [0, 0.05) is 6.42 Å². The Hall–Kier alpha value is -1.87. The minimum atomic E-state index is -0.777. The molecular weight excluding hydrogens is 240 g/mol. The lowest BCUT2D eigenvalue weighted by Gasteiger charge is -2.23. The number of carboxylic acids is 1. The minimum absolute atomic E-state index is 0.140. The molecule has 0 fully saturated rings. The van der Waals surface area contributed by atoms with E-state index in [9.17, 15) is 9.90 Å². The molecule has 0 bridgehead atoms. The van der Waals surface area contributed by atoms with Gasteiger partial charge in [0.1, 0.15) is 0 Å². The van der Waals surface area contributed by atoms with Crippen molar-refractivity contribution in [1.82, 2.24) is 0 Å². The fourth-order valence-electron chi connectivity index (χ4n) is 2.97. The van der Waals surface area contributed by atoms with E-state index in [2.05, 4.69) is 6.07 Å². The lowest BCUT2D eigenvalue weighted by Crippen LogP contribution is -2.09. The third-order valence-corrected chi connectivity index (χ3v) is 3.90. The highest BCUT2D eigenvalue weighted by Gasteiger charge is 2.20. The van der Waals surface area contributed by atoms with Gasteiger partial charge in [0.2, 0.25) is 0 Å². The molecule has 0 spiro atoms. The fraction of sp³-hybridized carbons (Fsp3) is 0.312. The Balaban J connectivity index is 2.15. The van der Waals surface area contributed by atoms with Crippen molar-refractivity contribution in [3.63, 3.8) is 0 Å². The fourth-order valence-corrected chi connectivity index (χ4v) is 2.97. The molecule has 0 aromatic heterocycles. The summed E-state index contributed by atoms with van der Waals surface area (Å²) in [6, 6.07) is 10.0. The number of aryl methyl sites for hydroxylation is 2. The topological polar surface area (TPSA) is 57.5 Å². The second-order valence-electron chi connectivity index (χ2n) is 5.10. The van der Waals surface area contributed by atoms with E-state index < -0.39 is 12.1 Å². The molecular formula is C16H16O3. The molecule has 0 saturated carbocycles. The van der Waals surface area contributed by atoms with E-state index in [0.717, 1.165) is 34.7 Å². The highest BCUT2D eigenvalue weighted by atomic mass is 16.4. The number of aliphatic hydroxyl groups excluding tert-OH is 1. The van der Waals surface area contributed by atoms with Gasteiger partial charge >= 0.3 is 5.97 Å². The first-order valence-corrected chi connectivity index (χ1v) is 6.60. The van der Waals surface area contributed by atoms with Crippen LogP contribution < -0.4 is 0 Å². The van der Waals surface area contributed by atoms with Crippen molar-refractivity contribution in [3.05, 3.63) is 47.0 Å². The van der Waals surface area contributed by atoms with E-state index in [1.807, 2.05) is 24.3 Å². The molecule has 0 amide bonds. The van der Waals surface area contributed by atoms with E-state index in [-0.39, 0.29) is 6.42 Å². The van der Waals surface area contributed by atoms with Crippen LogP contribution in [0.15, 0.2) is 30.3 Å². The summed E-state index contributed by atoms with van der Waals surface area (Å²) in [5.41, 5.74) is 3.29. The van der Waals surface area contributed by atoms with Crippen LogP contribution >= 0.6 is 0 Å². The van der Waals surface area contributed by atoms with E-state index in [4.69, 9.17) is 5.11 Å². The summed E-state index contributed by atoms with van der Waals surface area (Å²) in [5, 5.41) is 21.1. The van der Waals surface area contributed by atoms with Crippen LogP contribution in [0.5, 0.6) is 0 Å². The van der Waals surface area contributed by atoms with Crippen LogP contribution in [0.2, 0.25) is 0 Å². The van der Waals surface area contributed by atoms with Gasteiger partial charge in [0.25, 0.3) is 0 Å². The first kappa shape index (κ1) is 12.2. The normalized spacial score (nSPS) is 17.6. The zero-order valence-electron chi connectivity index (χ0n) is 10.6. The van der Waals surface area contributed by atoms with Gasteiger partial charge in [-0.2, -0.15) is 0 Å².